The van der Waals surface area contributed by atoms with Crippen LogP contribution in [0.4, 0.5) is 5.69 Å². The zero-order valence-electron chi connectivity index (χ0n) is 18.3. The molecule has 0 saturated heterocycles. The van der Waals surface area contributed by atoms with Gasteiger partial charge in [0.1, 0.15) is 0 Å². The third-order valence-electron chi connectivity index (χ3n) is 5.41. The van der Waals surface area contributed by atoms with Crippen molar-refractivity contribution in [1.29, 1.82) is 0 Å². The molecule has 0 aliphatic carbocycles. The van der Waals surface area contributed by atoms with E-state index in [2.05, 4.69) is 31.3 Å². The van der Waals surface area contributed by atoms with Crippen molar-refractivity contribution in [1.82, 2.24) is 5.32 Å². The van der Waals surface area contributed by atoms with Crippen molar-refractivity contribution < 1.29 is 13.2 Å². The number of amides is 1. The molecule has 0 aliphatic heterocycles. The Morgan fingerprint density at radius 2 is 1.58 bits per heavy atom. The lowest BCUT2D eigenvalue weighted by Gasteiger charge is -2.23. The maximum atomic E-state index is 13.0. The predicted octanol–water partition coefficient (Wildman–Crippen LogP) is 5.01. The number of benzene rings is 3. The molecule has 1 N–H and O–H groups in total. The van der Waals surface area contributed by atoms with Crippen LogP contribution in [-0.4, -0.2) is 20.9 Å². The maximum Gasteiger partial charge on any atom is 0.264 e. The van der Waals surface area contributed by atoms with Gasteiger partial charge in [-0.25, -0.2) is 8.42 Å². The monoisotopic (exact) mass is 436 g/mol. The van der Waals surface area contributed by atoms with Gasteiger partial charge in [-0.1, -0.05) is 36.4 Å². The molecule has 0 radical (unpaired) electrons. The van der Waals surface area contributed by atoms with E-state index in [4.69, 9.17) is 0 Å². The van der Waals surface area contributed by atoms with Gasteiger partial charge in [-0.2, -0.15) is 0 Å². The molecule has 1 atom stereocenters. The molecule has 3 aromatic rings. The van der Waals surface area contributed by atoms with Crippen molar-refractivity contribution in [3.63, 3.8) is 0 Å². The van der Waals surface area contributed by atoms with E-state index in [-0.39, 0.29) is 23.4 Å². The van der Waals surface area contributed by atoms with Gasteiger partial charge < -0.3 is 5.32 Å². The number of sulfonamides is 1. The van der Waals surface area contributed by atoms with Crippen LogP contribution in [0.3, 0.4) is 0 Å². The van der Waals surface area contributed by atoms with E-state index >= 15 is 0 Å². The molecule has 0 fully saturated rings. The summed E-state index contributed by atoms with van der Waals surface area (Å²) >= 11 is 0. The van der Waals surface area contributed by atoms with Crippen molar-refractivity contribution in [2.45, 2.75) is 38.6 Å². The number of carbonyl (C=O) groups is 1. The first-order chi connectivity index (χ1) is 14.7. The molecule has 0 saturated carbocycles. The predicted molar refractivity (Wildman–Crippen MR) is 125 cm³/mol. The first-order valence-corrected chi connectivity index (χ1v) is 11.7. The molecule has 31 heavy (non-hydrogen) atoms. The Morgan fingerprint density at radius 3 is 2.16 bits per heavy atom. The second-order valence-electron chi connectivity index (χ2n) is 7.57. The molecule has 0 heterocycles. The Hall–Kier alpha value is -3.12. The number of nitrogens with one attached hydrogen (secondary N) is 1. The maximum absolute atomic E-state index is 13.0. The lowest BCUT2D eigenvalue weighted by Crippen LogP contribution is -2.31. The number of hydrogen-bond donors (Lipinski definition) is 1. The molecule has 0 aromatic heterocycles. The first-order valence-electron chi connectivity index (χ1n) is 10.3. The standard InChI is InChI=1S/C25H28N2O3S/c1-5-27(31(29,30)24-9-7-6-8-10-24)23-15-13-21(14-16-23)25(28)26-20(4)22-12-11-18(2)19(3)17-22/h6-17,20H,5H2,1-4H3,(H,26,28). The van der Waals surface area contributed by atoms with E-state index in [1.54, 1.807) is 61.5 Å². The normalized spacial score (nSPS) is 12.3. The van der Waals surface area contributed by atoms with E-state index < -0.39 is 10.0 Å². The second-order valence-corrected chi connectivity index (χ2v) is 9.43. The number of anilines is 1. The lowest BCUT2D eigenvalue weighted by molar-refractivity contribution is 0.0940. The highest BCUT2D eigenvalue weighted by atomic mass is 32.2. The Kier molecular flexibility index (Phi) is 6.81. The number of nitrogens with zero attached hydrogens (tertiary/aromatic N) is 1. The summed E-state index contributed by atoms with van der Waals surface area (Å²) in [4.78, 5) is 12.9. The topological polar surface area (TPSA) is 66.5 Å². The highest BCUT2D eigenvalue weighted by Crippen LogP contribution is 2.24. The molecule has 3 aromatic carbocycles. The molecule has 1 unspecified atom stereocenters. The van der Waals surface area contributed by atoms with Crippen molar-refractivity contribution in [2.24, 2.45) is 0 Å². The van der Waals surface area contributed by atoms with Crippen LogP contribution in [0, 0.1) is 13.8 Å². The van der Waals surface area contributed by atoms with Gasteiger partial charge in [-0.05, 0) is 80.8 Å². The van der Waals surface area contributed by atoms with Gasteiger partial charge >= 0.3 is 0 Å². The minimum absolute atomic E-state index is 0.142. The molecule has 1 amide bonds. The van der Waals surface area contributed by atoms with Crippen LogP contribution in [0.5, 0.6) is 0 Å². The zero-order valence-corrected chi connectivity index (χ0v) is 19.1. The summed E-state index contributed by atoms with van der Waals surface area (Å²) in [6, 6.07) is 21.0. The largest absolute Gasteiger partial charge is 0.346 e. The number of carbonyl (C=O) groups excluding carboxylic acids is 1. The molecule has 6 heteroatoms. The third-order valence-corrected chi connectivity index (χ3v) is 7.33. The fourth-order valence-electron chi connectivity index (χ4n) is 3.39. The summed E-state index contributed by atoms with van der Waals surface area (Å²) in [6.45, 7) is 8.12. The van der Waals surface area contributed by atoms with Gasteiger partial charge in [-0.3, -0.25) is 9.10 Å². The smallest absolute Gasteiger partial charge is 0.264 e. The van der Waals surface area contributed by atoms with Gasteiger partial charge in [0.15, 0.2) is 0 Å². The first kappa shape index (κ1) is 22.6. The molecule has 0 spiro atoms. The van der Waals surface area contributed by atoms with E-state index in [1.165, 1.54) is 15.4 Å². The van der Waals surface area contributed by atoms with Crippen LogP contribution in [-0.2, 0) is 10.0 Å². The zero-order chi connectivity index (χ0) is 22.6. The number of aryl methyl sites for hydroxylation is 2. The molecule has 5 nitrogen and oxygen atoms in total. The van der Waals surface area contributed by atoms with E-state index in [1.807, 2.05) is 13.0 Å². The fourth-order valence-corrected chi connectivity index (χ4v) is 4.88. The molecule has 0 aliphatic rings. The average Bonchev–Trinajstić information content (AvgIpc) is 2.77. The van der Waals surface area contributed by atoms with Gasteiger partial charge in [0.25, 0.3) is 15.9 Å². The van der Waals surface area contributed by atoms with Crippen molar-refractivity contribution >= 4 is 21.6 Å². The van der Waals surface area contributed by atoms with Crippen LogP contribution in [0.1, 0.15) is 46.9 Å². The van der Waals surface area contributed by atoms with Crippen molar-refractivity contribution in [2.75, 3.05) is 10.8 Å². The quantitative estimate of drug-likeness (QED) is 0.566. The summed E-state index contributed by atoms with van der Waals surface area (Å²) in [6.07, 6.45) is 0. The summed E-state index contributed by atoms with van der Waals surface area (Å²) < 4.78 is 27.3. The lowest BCUT2D eigenvalue weighted by atomic mass is 10.0. The molecule has 162 valence electrons. The fraction of sp³-hybridized carbons (Fsp3) is 0.240. The van der Waals surface area contributed by atoms with Crippen LogP contribution in [0.15, 0.2) is 77.7 Å². The molecular formula is C25H28N2O3S. The second kappa shape index (κ2) is 9.35. The summed E-state index contributed by atoms with van der Waals surface area (Å²) in [5.74, 6) is -0.203. The summed E-state index contributed by atoms with van der Waals surface area (Å²) in [5.41, 5.74) is 4.43. The highest BCUT2D eigenvalue weighted by molar-refractivity contribution is 7.92. The SMILES string of the molecule is CCN(c1ccc(C(=O)NC(C)c2ccc(C)c(C)c2)cc1)S(=O)(=O)c1ccccc1. The van der Waals surface area contributed by atoms with E-state index in [9.17, 15) is 13.2 Å². The minimum Gasteiger partial charge on any atom is -0.346 e. The average molecular weight is 437 g/mol. The molecule has 3 rings (SSSR count). The Morgan fingerprint density at radius 1 is 0.935 bits per heavy atom. The molecule has 0 bridgehead atoms. The van der Waals surface area contributed by atoms with Crippen LogP contribution in [0.2, 0.25) is 0 Å². The Labute approximate surface area is 184 Å². The number of rotatable bonds is 7. The van der Waals surface area contributed by atoms with E-state index in [0.29, 0.717) is 11.3 Å². The number of hydrogen-bond acceptors (Lipinski definition) is 3. The van der Waals surface area contributed by atoms with Gasteiger partial charge in [0.2, 0.25) is 0 Å². The Balaban J connectivity index is 1.77. The van der Waals surface area contributed by atoms with Crippen molar-refractivity contribution in [3.05, 3.63) is 95.1 Å². The Bertz CT molecular complexity index is 1160. The molecular weight excluding hydrogens is 408 g/mol. The third kappa shape index (κ3) is 4.97. The van der Waals surface area contributed by atoms with Crippen LogP contribution < -0.4 is 9.62 Å². The minimum atomic E-state index is -3.67. The highest BCUT2D eigenvalue weighted by Gasteiger charge is 2.23. The van der Waals surface area contributed by atoms with Crippen molar-refractivity contribution in [3.8, 4) is 0 Å². The van der Waals surface area contributed by atoms with Gasteiger partial charge in [0, 0.05) is 12.1 Å². The van der Waals surface area contributed by atoms with Gasteiger partial charge in [0.05, 0.1) is 16.6 Å². The summed E-state index contributed by atoms with van der Waals surface area (Å²) in [7, 11) is -3.67. The van der Waals surface area contributed by atoms with Gasteiger partial charge in [-0.15, -0.1) is 0 Å². The summed E-state index contributed by atoms with van der Waals surface area (Å²) in [5, 5.41) is 3.01. The van der Waals surface area contributed by atoms with Crippen LogP contribution >= 0.6 is 0 Å². The van der Waals surface area contributed by atoms with E-state index in [0.717, 1.165) is 5.56 Å². The van der Waals surface area contributed by atoms with Crippen LogP contribution in [0.25, 0.3) is 0 Å².